The normalized spacial score (nSPS) is 13.7. The molecular formula is C7H13NO. The molecule has 0 aliphatic rings. The Morgan fingerprint density at radius 1 is 1.56 bits per heavy atom. The molecule has 0 unspecified atom stereocenters. The van der Waals surface area contributed by atoms with Gasteiger partial charge in [0.05, 0.1) is 5.70 Å². The molecule has 0 aliphatic heterocycles. The number of nitrogens with one attached hydrogen (secondary N) is 1. The Hall–Kier alpha value is -0.920. The Balaban J connectivity index is 4.16. The van der Waals surface area contributed by atoms with E-state index in [1.807, 2.05) is 19.1 Å². The van der Waals surface area contributed by atoms with Crippen molar-refractivity contribution < 1.29 is 5.11 Å². The predicted molar refractivity (Wildman–Crippen MR) is 39.2 cm³/mol. The Kier molecular flexibility index (Phi) is 3.60. The largest absolute Gasteiger partial charge is 0.510 e. The Morgan fingerprint density at radius 3 is 2.22 bits per heavy atom. The third-order valence-electron chi connectivity index (χ3n) is 0.992. The van der Waals surface area contributed by atoms with E-state index in [1.165, 1.54) is 0 Å². The number of rotatable bonds is 2. The second-order valence-electron chi connectivity index (χ2n) is 1.75. The van der Waals surface area contributed by atoms with Crippen LogP contribution in [0.1, 0.15) is 13.8 Å². The number of aliphatic hydroxyl groups excluding tert-OH is 1. The van der Waals surface area contributed by atoms with Crippen molar-refractivity contribution in [1.82, 2.24) is 5.32 Å². The fraction of sp³-hybridized carbons (Fsp3) is 0.429. The molecular weight excluding hydrogens is 114 g/mol. The summed E-state index contributed by atoms with van der Waals surface area (Å²) in [6, 6.07) is 0. The van der Waals surface area contributed by atoms with Gasteiger partial charge in [-0.25, -0.2) is 0 Å². The zero-order valence-electron chi connectivity index (χ0n) is 6.10. The van der Waals surface area contributed by atoms with Crippen LogP contribution in [-0.4, -0.2) is 12.2 Å². The van der Waals surface area contributed by atoms with Crippen LogP contribution in [0.4, 0.5) is 0 Å². The Labute approximate surface area is 55.9 Å². The van der Waals surface area contributed by atoms with Crippen molar-refractivity contribution in [3.63, 3.8) is 0 Å². The van der Waals surface area contributed by atoms with E-state index in [4.69, 9.17) is 5.11 Å². The molecule has 2 heteroatoms. The van der Waals surface area contributed by atoms with Crippen molar-refractivity contribution in [3.8, 4) is 0 Å². The number of hydrogen-bond acceptors (Lipinski definition) is 2. The maximum atomic E-state index is 8.91. The number of aliphatic hydroxyl groups is 1. The van der Waals surface area contributed by atoms with Crippen molar-refractivity contribution in [2.75, 3.05) is 7.05 Å². The van der Waals surface area contributed by atoms with E-state index < -0.39 is 0 Å². The highest BCUT2D eigenvalue weighted by Gasteiger charge is 1.89. The first-order chi connectivity index (χ1) is 4.22. The van der Waals surface area contributed by atoms with Crippen molar-refractivity contribution in [3.05, 3.63) is 23.6 Å². The van der Waals surface area contributed by atoms with Crippen molar-refractivity contribution in [2.45, 2.75) is 13.8 Å². The molecule has 0 aromatic rings. The fourth-order valence-corrected chi connectivity index (χ4v) is 0.552. The second kappa shape index (κ2) is 4.01. The van der Waals surface area contributed by atoms with Crippen molar-refractivity contribution >= 4 is 0 Å². The molecule has 0 heterocycles. The molecule has 0 fully saturated rings. The van der Waals surface area contributed by atoms with Gasteiger partial charge in [0.15, 0.2) is 0 Å². The van der Waals surface area contributed by atoms with Gasteiger partial charge in [0.25, 0.3) is 0 Å². The van der Waals surface area contributed by atoms with E-state index in [-0.39, 0.29) is 0 Å². The summed E-state index contributed by atoms with van der Waals surface area (Å²) in [6.07, 6.45) is 3.68. The molecule has 9 heavy (non-hydrogen) atoms. The molecule has 52 valence electrons. The van der Waals surface area contributed by atoms with Gasteiger partial charge < -0.3 is 10.4 Å². The van der Waals surface area contributed by atoms with Crippen LogP contribution >= 0.6 is 0 Å². The standard InChI is InChI=1S/C7H13NO/c1-4-5-7(8-3)6(2)9/h4-5,8-9H,1-3H3/b5-4-,7-6-. The minimum atomic E-state index is 0.315. The predicted octanol–water partition coefficient (Wildman–Crippen LogP) is 1.57. The molecule has 0 aromatic heterocycles. The third kappa shape index (κ3) is 2.80. The lowest BCUT2D eigenvalue weighted by atomic mass is 10.3. The quantitative estimate of drug-likeness (QED) is 0.436. The van der Waals surface area contributed by atoms with Gasteiger partial charge in [-0.15, -0.1) is 0 Å². The molecule has 2 nitrogen and oxygen atoms in total. The summed E-state index contributed by atoms with van der Waals surface area (Å²) in [4.78, 5) is 0. The second-order valence-corrected chi connectivity index (χ2v) is 1.75. The maximum absolute atomic E-state index is 8.91. The topological polar surface area (TPSA) is 32.3 Å². The Bertz CT molecular complexity index is 132. The molecule has 0 aliphatic carbocycles. The van der Waals surface area contributed by atoms with Gasteiger partial charge >= 0.3 is 0 Å². The number of allylic oxidation sites excluding steroid dienone is 3. The van der Waals surface area contributed by atoms with Gasteiger partial charge in [-0.3, -0.25) is 0 Å². The molecule has 0 spiro atoms. The Morgan fingerprint density at radius 2 is 2.11 bits per heavy atom. The van der Waals surface area contributed by atoms with Crippen molar-refractivity contribution in [2.24, 2.45) is 0 Å². The zero-order chi connectivity index (χ0) is 7.28. The van der Waals surface area contributed by atoms with Gasteiger partial charge in [-0.05, 0) is 19.9 Å². The summed E-state index contributed by atoms with van der Waals surface area (Å²) in [6.45, 7) is 3.55. The lowest BCUT2D eigenvalue weighted by Gasteiger charge is -1.99. The highest BCUT2D eigenvalue weighted by Crippen LogP contribution is 1.96. The lowest BCUT2D eigenvalue weighted by Crippen LogP contribution is -2.05. The summed E-state index contributed by atoms with van der Waals surface area (Å²) in [7, 11) is 1.77. The fourth-order valence-electron chi connectivity index (χ4n) is 0.552. The summed E-state index contributed by atoms with van der Waals surface area (Å²) in [5.41, 5.74) is 0.762. The highest BCUT2D eigenvalue weighted by molar-refractivity contribution is 5.17. The molecule has 0 radical (unpaired) electrons. The molecule has 0 aromatic carbocycles. The minimum absolute atomic E-state index is 0.315. The highest BCUT2D eigenvalue weighted by atomic mass is 16.3. The van der Waals surface area contributed by atoms with Gasteiger partial charge in [-0.2, -0.15) is 0 Å². The molecule has 0 rings (SSSR count). The van der Waals surface area contributed by atoms with Gasteiger partial charge in [0.2, 0.25) is 0 Å². The first kappa shape index (κ1) is 8.08. The molecule has 0 amide bonds. The summed E-state index contributed by atoms with van der Waals surface area (Å²) < 4.78 is 0. The summed E-state index contributed by atoms with van der Waals surface area (Å²) >= 11 is 0. The summed E-state index contributed by atoms with van der Waals surface area (Å²) in [5.74, 6) is 0.315. The number of likely N-dealkylation sites (N-methyl/N-ethyl adjacent to an activating group) is 1. The average Bonchev–Trinajstić information content (AvgIpc) is 1.82. The summed E-state index contributed by atoms with van der Waals surface area (Å²) in [5, 5.41) is 11.8. The average molecular weight is 127 g/mol. The third-order valence-corrected chi connectivity index (χ3v) is 0.992. The smallest absolute Gasteiger partial charge is 0.112 e. The first-order valence-electron chi connectivity index (χ1n) is 2.92. The molecule has 0 saturated heterocycles. The van der Waals surface area contributed by atoms with E-state index in [9.17, 15) is 0 Å². The maximum Gasteiger partial charge on any atom is 0.112 e. The van der Waals surface area contributed by atoms with Crippen LogP contribution in [0.3, 0.4) is 0 Å². The van der Waals surface area contributed by atoms with Crippen LogP contribution in [0.2, 0.25) is 0 Å². The monoisotopic (exact) mass is 127 g/mol. The van der Waals surface area contributed by atoms with Crippen molar-refractivity contribution in [1.29, 1.82) is 0 Å². The van der Waals surface area contributed by atoms with E-state index >= 15 is 0 Å². The lowest BCUT2D eigenvalue weighted by molar-refractivity contribution is 0.405. The first-order valence-corrected chi connectivity index (χ1v) is 2.92. The van der Waals surface area contributed by atoms with Gasteiger partial charge in [0.1, 0.15) is 5.76 Å². The van der Waals surface area contributed by atoms with Crippen LogP contribution in [0.15, 0.2) is 23.6 Å². The van der Waals surface area contributed by atoms with Crippen LogP contribution in [0.25, 0.3) is 0 Å². The van der Waals surface area contributed by atoms with Crippen LogP contribution in [-0.2, 0) is 0 Å². The van der Waals surface area contributed by atoms with Crippen LogP contribution in [0, 0.1) is 0 Å². The van der Waals surface area contributed by atoms with Crippen LogP contribution in [0.5, 0.6) is 0 Å². The van der Waals surface area contributed by atoms with E-state index in [1.54, 1.807) is 14.0 Å². The van der Waals surface area contributed by atoms with Gasteiger partial charge in [0, 0.05) is 7.05 Å². The molecule has 0 bridgehead atoms. The van der Waals surface area contributed by atoms with E-state index in [0.717, 1.165) is 5.70 Å². The van der Waals surface area contributed by atoms with Crippen LogP contribution < -0.4 is 5.32 Å². The van der Waals surface area contributed by atoms with E-state index in [0.29, 0.717) is 5.76 Å². The molecule has 0 saturated carbocycles. The minimum Gasteiger partial charge on any atom is -0.510 e. The SMILES string of the molecule is C/C=C\C(NC)=C(/C)O. The molecule has 2 N–H and O–H groups in total. The molecule has 0 atom stereocenters. The van der Waals surface area contributed by atoms with Gasteiger partial charge in [-0.1, -0.05) is 6.08 Å². The van der Waals surface area contributed by atoms with E-state index in [2.05, 4.69) is 5.32 Å². The number of hydrogen-bond donors (Lipinski definition) is 2. The zero-order valence-corrected chi connectivity index (χ0v) is 6.10.